The zero-order valence-electron chi connectivity index (χ0n) is 15.2. The van der Waals surface area contributed by atoms with Crippen LogP contribution in [-0.4, -0.2) is 41.2 Å². The number of fused-ring (bicyclic) bond motifs is 5. The molecule has 5 heteroatoms. The maximum Gasteiger partial charge on any atom is 0.335 e. The lowest BCUT2D eigenvalue weighted by Gasteiger charge is -2.43. The number of allylic oxidation sites excluding steroid dienone is 1. The van der Waals surface area contributed by atoms with E-state index in [4.69, 9.17) is 4.74 Å². The number of carboxylic acids is 1. The zero-order chi connectivity index (χ0) is 18.3. The Bertz CT molecular complexity index is 909. The van der Waals surface area contributed by atoms with Gasteiger partial charge in [0.05, 0.1) is 25.0 Å². The van der Waals surface area contributed by atoms with E-state index < -0.39 is 5.97 Å². The van der Waals surface area contributed by atoms with Crippen molar-refractivity contribution in [3.63, 3.8) is 0 Å². The van der Waals surface area contributed by atoms with Gasteiger partial charge in [0, 0.05) is 35.6 Å². The largest absolute Gasteiger partial charge is 0.504 e. The normalized spacial score (nSPS) is 25.2. The van der Waals surface area contributed by atoms with Crippen molar-refractivity contribution in [3.8, 4) is 0 Å². The number of para-hydroxylation sites is 1. The lowest BCUT2D eigenvalue weighted by Crippen LogP contribution is -2.43. The molecule has 0 radical (unpaired) electrons. The molecule has 0 saturated carbocycles. The standard InChI is InChI=1S/C21H24N2O3/c1-3-13-11-23-9-8-15-14-6-4-5-7-18(14)22-20(15)19(23)10-16(13)17(12-26-2)21(24)25/h3-7,12,16,19,22H,8-11H2,1-2H3,(H,24,25)/b13-3?,17-12+/t16-,19-/m0/s1. The number of carbonyl (C=O) groups is 1. The highest BCUT2D eigenvalue weighted by Gasteiger charge is 2.40. The maximum atomic E-state index is 11.8. The van der Waals surface area contributed by atoms with Crippen LogP contribution in [0.3, 0.4) is 0 Å². The monoisotopic (exact) mass is 352 g/mol. The minimum atomic E-state index is -0.905. The highest BCUT2D eigenvalue weighted by molar-refractivity contribution is 5.88. The molecule has 1 fully saturated rings. The topological polar surface area (TPSA) is 65.6 Å². The molecule has 4 rings (SSSR count). The second kappa shape index (κ2) is 6.65. The van der Waals surface area contributed by atoms with Gasteiger partial charge in [-0.05, 0) is 31.4 Å². The van der Waals surface area contributed by atoms with E-state index in [0.717, 1.165) is 31.5 Å². The number of carboxylic acid groups (broad SMARTS) is 1. The van der Waals surface area contributed by atoms with E-state index in [2.05, 4.69) is 34.2 Å². The van der Waals surface area contributed by atoms with Crippen molar-refractivity contribution in [2.24, 2.45) is 5.92 Å². The van der Waals surface area contributed by atoms with E-state index >= 15 is 0 Å². The first-order valence-electron chi connectivity index (χ1n) is 9.08. The van der Waals surface area contributed by atoms with Gasteiger partial charge in [-0.25, -0.2) is 4.79 Å². The fourth-order valence-corrected chi connectivity index (χ4v) is 4.57. The molecule has 2 aliphatic rings. The number of piperidine rings is 1. The van der Waals surface area contributed by atoms with Gasteiger partial charge in [0.1, 0.15) is 0 Å². The van der Waals surface area contributed by atoms with Crippen LogP contribution in [0.25, 0.3) is 10.9 Å². The van der Waals surface area contributed by atoms with Crippen LogP contribution in [0.2, 0.25) is 0 Å². The molecule has 0 aliphatic carbocycles. The summed E-state index contributed by atoms with van der Waals surface area (Å²) in [5.41, 5.74) is 5.30. The summed E-state index contributed by atoms with van der Waals surface area (Å²) in [7, 11) is 1.50. The molecule has 1 aromatic carbocycles. The first-order valence-corrected chi connectivity index (χ1v) is 9.08. The van der Waals surface area contributed by atoms with Gasteiger partial charge in [-0.3, -0.25) is 4.90 Å². The van der Waals surface area contributed by atoms with E-state index in [-0.39, 0.29) is 12.0 Å². The number of hydrogen-bond donors (Lipinski definition) is 2. The number of ether oxygens (including phenoxy) is 1. The third-order valence-electron chi connectivity index (χ3n) is 5.80. The third-order valence-corrected chi connectivity index (χ3v) is 5.80. The van der Waals surface area contributed by atoms with E-state index in [9.17, 15) is 9.90 Å². The van der Waals surface area contributed by atoms with E-state index in [1.807, 2.05) is 13.0 Å². The van der Waals surface area contributed by atoms with Crippen molar-refractivity contribution in [2.75, 3.05) is 20.2 Å². The smallest absolute Gasteiger partial charge is 0.335 e. The molecular weight excluding hydrogens is 328 g/mol. The minimum Gasteiger partial charge on any atom is -0.504 e. The molecular formula is C21H24N2O3. The molecule has 2 atom stereocenters. The van der Waals surface area contributed by atoms with E-state index in [0.29, 0.717) is 5.57 Å². The fraction of sp³-hybridized carbons (Fsp3) is 0.381. The summed E-state index contributed by atoms with van der Waals surface area (Å²) in [5.74, 6) is -1.03. The van der Waals surface area contributed by atoms with E-state index in [1.165, 1.54) is 35.5 Å². The van der Waals surface area contributed by atoms with Gasteiger partial charge >= 0.3 is 5.97 Å². The first-order chi connectivity index (χ1) is 12.6. The second-order valence-electron chi connectivity index (χ2n) is 7.07. The maximum absolute atomic E-state index is 11.8. The molecule has 2 aromatic rings. The van der Waals surface area contributed by atoms with Crippen LogP contribution < -0.4 is 0 Å². The van der Waals surface area contributed by atoms with Crippen LogP contribution in [0.1, 0.15) is 30.6 Å². The van der Waals surface area contributed by atoms with Crippen LogP contribution in [0.5, 0.6) is 0 Å². The lowest BCUT2D eigenvalue weighted by molar-refractivity contribution is -0.133. The van der Waals surface area contributed by atoms with Crippen molar-refractivity contribution >= 4 is 16.9 Å². The number of aliphatic carboxylic acids is 1. The van der Waals surface area contributed by atoms with Crippen molar-refractivity contribution in [1.29, 1.82) is 0 Å². The van der Waals surface area contributed by atoms with Crippen LogP contribution in [0.4, 0.5) is 0 Å². The summed E-state index contributed by atoms with van der Waals surface area (Å²) < 4.78 is 5.07. The Balaban J connectivity index is 1.76. The molecule has 0 spiro atoms. The van der Waals surface area contributed by atoms with Crippen molar-refractivity contribution in [2.45, 2.75) is 25.8 Å². The highest BCUT2D eigenvalue weighted by Crippen LogP contribution is 2.44. The van der Waals surface area contributed by atoms with Gasteiger partial charge in [-0.1, -0.05) is 29.8 Å². The third kappa shape index (κ3) is 2.63. The van der Waals surface area contributed by atoms with Crippen molar-refractivity contribution < 1.29 is 14.6 Å². The van der Waals surface area contributed by atoms with Crippen LogP contribution in [0.15, 0.2) is 47.7 Å². The molecule has 1 aromatic heterocycles. The molecule has 2 N–H and O–H groups in total. The molecule has 0 bridgehead atoms. The predicted octanol–water partition coefficient (Wildman–Crippen LogP) is 3.65. The number of hydrogen-bond acceptors (Lipinski definition) is 3. The van der Waals surface area contributed by atoms with Crippen LogP contribution >= 0.6 is 0 Å². The SMILES string of the molecule is CC=C1CN2CCc3c([nH]c4ccccc34)[C@@H]2C[C@@H]1/C(=C\OC)C(=O)O. The Morgan fingerprint density at radius 1 is 1.38 bits per heavy atom. The van der Waals surface area contributed by atoms with Gasteiger partial charge in [-0.15, -0.1) is 0 Å². The Morgan fingerprint density at radius 2 is 2.19 bits per heavy atom. The molecule has 2 aliphatic heterocycles. The number of benzene rings is 1. The molecule has 1 saturated heterocycles. The molecule has 5 nitrogen and oxygen atoms in total. The van der Waals surface area contributed by atoms with E-state index in [1.54, 1.807) is 0 Å². The number of aromatic nitrogens is 1. The highest BCUT2D eigenvalue weighted by atomic mass is 16.5. The summed E-state index contributed by atoms with van der Waals surface area (Å²) in [6, 6.07) is 8.62. The van der Waals surface area contributed by atoms with Crippen LogP contribution in [-0.2, 0) is 16.0 Å². The van der Waals surface area contributed by atoms with Gasteiger partial charge in [0.15, 0.2) is 0 Å². The van der Waals surface area contributed by atoms with Gasteiger partial charge in [0.2, 0.25) is 0 Å². The first kappa shape index (κ1) is 16.9. The average molecular weight is 352 g/mol. The molecule has 136 valence electrons. The summed E-state index contributed by atoms with van der Waals surface area (Å²) in [5, 5.41) is 11.0. The van der Waals surface area contributed by atoms with Crippen molar-refractivity contribution in [3.05, 3.63) is 59.0 Å². The van der Waals surface area contributed by atoms with Gasteiger partial charge in [0.25, 0.3) is 0 Å². The average Bonchev–Trinajstić information content (AvgIpc) is 3.04. The summed E-state index contributed by atoms with van der Waals surface area (Å²) in [6.45, 7) is 3.79. The number of aromatic amines is 1. The molecule has 0 amide bonds. The summed E-state index contributed by atoms with van der Waals surface area (Å²) in [4.78, 5) is 17.9. The Morgan fingerprint density at radius 3 is 2.92 bits per heavy atom. The number of methoxy groups -OCH3 is 1. The summed E-state index contributed by atoms with van der Waals surface area (Å²) in [6.07, 6.45) is 5.23. The van der Waals surface area contributed by atoms with Crippen LogP contribution in [0, 0.1) is 5.92 Å². The van der Waals surface area contributed by atoms with Crippen molar-refractivity contribution in [1.82, 2.24) is 9.88 Å². The molecule has 26 heavy (non-hydrogen) atoms. The Hall–Kier alpha value is -2.53. The number of nitrogens with one attached hydrogen (secondary N) is 1. The second-order valence-corrected chi connectivity index (χ2v) is 7.07. The lowest BCUT2D eigenvalue weighted by atomic mass is 9.78. The minimum absolute atomic E-state index is 0.129. The fourth-order valence-electron chi connectivity index (χ4n) is 4.57. The predicted molar refractivity (Wildman–Crippen MR) is 101 cm³/mol. The zero-order valence-corrected chi connectivity index (χ0v) is 15.2. The molecule has 0 unspecified atom stereocenters. The summed E-state index contributed by atoms with van der Waals surface area (Å²) >= 11 is 0. The number of rotatable bonds is 3. The van der Waals surface area contributed by atoms with Gasteiger partial charge < -0.3 is 14.8 Å². The molecule has 3 heterocycles. The Labute approximate surface area is 153 Å². The number of nitrogens with zero attached hydrogens (tertiary/aromatic N) is 1. The van der Waals surface area contributed by atoms with Gasteiger partial charge in [-0.2, -0.15) is 0 Å². The number of H-pyrrole nitrogens is 1. The Kier molecular flexibility index (Phi) is 4.32. The quantitative estimate of drug-likeness (QED) is 0.503.